The molecule has 0 saturated carbocycles. The molecule has 0 amide bonds. The van der Waals surface area contributed by atoms with E-state index in [2.05, 4.69) is 30.3 Å². The van der Waals surface area contributed by atoms with Gasteiger partial charge in [-0.2, -0.15) is 0 Å². The van der Waals surface area contributed by atoms with Gasteiger partial charge in [-0.1, -0.05) is 42.8 Å². The van der Waals surface area contributed by atoms with E-state index in [0.29, 0.717) is 5.73 Å². The van der Waals surface area contributed by atoms with Crippen molar-refractivity contribution in [1.29, 1.82) is 0 Å². The molecule has 17 heavy (non-hydrogen) atoms. The smallest absolute Gasteiger partial charge is 0.0555 e. The molecule has 1 saturated heterocycles. The Bertz CT molecular complexity index is 293. The zero-order valence-electron chi connectivity index (χ0n) is 10.7. The summed E-state index contributed by atoms with van der Waals surface area (Å²) in [4.78, 5) is 0. The minimum absolute atomic E-state index is 0.0432. The van der Waals surface area contributed by atoms with Crippen molar-refractivity contribution in [1.82, 2.24) is 0 Å². The van der Waals surface area contributed by atoms with Crippen molar-refractivity contribution in [2.24, 2.45) is 0 Å². The predicted molar refractivity (Wildman–Crippen MR) is 76.3 cm³/mol. The molecule has 1 aromatic rings. The van der Waals surface area contributed by atoms with Gasteiger partial charge in [-0.05, 0) is 37.7 Å². The fourth-order valence-electron chi connectivity index (χ4n) is 2.56. The Balaban J connectivity index is 1.51. The van der Waals surface area contributed by atoms with Crippen LogP contribution < -0.4 is 0 Å². The van der Waals surface area contributed by atoms with Gasteiger partial charge in [0, 0.05) is 12.3 Å². The van der Waals surface area contributed by atoms with E-state index in [0.717, 1.165) is 6.61 Å². The lowest BCUT2D eigenvalue weighted by Gasteiger charge is -2.22. The van der Waals surface area contributed by atoms with Crippen molar-refractivity contribution in [3.05, 3.63) is 35.9 Å². The van der Waals surface area contributed by atoms with E-state index in [1.54, 1.807) is 0 Å². The molecule has 1 nitrogen and oxygen atoms in total. The van der Waals surface area contributed by atoms with Gasteiger partial charge in [0.1, 0.15) is 0 Å². The Morgan fingerprint density at radius 2 is 2.00 bits per heavy atom. The molecule has 0 aromatic heterocycles. The molecule has 1 heterocycles. The molecule has 94 valence electrons. The minimum Gasteiger partial charge on any atom is -0.382 e. The van der Waals surface area contributed by atoms with Crippen molar-refractivity contribution in [2.75, 3.05) is 6.61 Å². The number of hydrogen-bond donors (Lipinski definition) is 0. The normalized spacial score (nSPS) is 21.1. The maximum Gasteiger partial charge on any atom is 0.0555 e. The molecule has 0 N–H and O–H groups in total. The summed E-state index contributed by atoms with van der Waals surface area (Å²) in [6.07, 6.45) is 8.05. The average molecular weight is 248 g/mol. The van der Waals surface area contributed by atoms with Crippen LogP contribution in [0.25, 0.3) is 0 Å². The summed E-state index contributed by atoms with van der Waals surface area (Å²) < 4.78 is 5.80. The first kappa shape index (κ1) is 12.8. The zero-order valence-corrected chi connectivity index (χ0v) is 12.2. The van der Waals surface area contributed by atoms with Gasteiger partial charge in [-0.3, -0.25) is 0 Å². The number of hydrogen-bond acceptors (Lipinski definition) is 1. The largest absolute Gasteiger partial charge is 0.382 e. The molecule has 2 rings (SSSR count). The standard InChI is InChI=1S/C15H24OSi/c1-2-8-14(9-3-1)10-5-7-13-17-15-11-4-6-12-16-15/h1-3,8-9,15H,4-7,10-13,17H2. The van der Waals surface area contributed by atoms with Crippen LogP contribution in [0.4, 0.5) is 0 Å². The third kappa shape index (κ3) is 5.05. The lowest BCUT2D eigenvalue weighted by atomic mass is 10.1. The second-order valence-electron chi connectivity index (χ2n) is 5.07. The van der Waals surface area contributed by atoms with Crippen LogP contribution in [0.1, 0.15) is 37.7 Å². The second-order valence-corrected chi connectivity index (χ2v) is 7.27. The molecule has 0 aliphatic carbocycles. The number of aryl methyl sites for hydroxylation is 1. The van der Waals surface area contributed by atoms with E-state index in [1.165, 1.54) is 50.1 Å². The van der Waals surface area contributed by atoms with Crippen LogP contribution in [-0.2, 0) is 11.2 Å². The first-order valence-electron chi connectivity index (χ1n) is 7.11. The van der Waals surface area contributed by atoms with Crippen LogP contribution in [0, 0.1) is 0 Å². The summed E-state index contributed by atoms with van der Waals surface area (Å²) in [7, 11) is 0.0432. The fraction of sp³-hybridized carbons (Fsp3) is 0.600. The van der Waals surface area contributed by atoms with E-state index >= 15 is 0 Å². The Kier molecular flexibility index (Phi) is 5.80. The molecule has 2 heteroatoms. The molecule has 1 atom stereocenters. The molecule has 0 bridgehead atoms. The van der Waals surface area contributed by atoms with Gasteiger partial charge in [0.2, 0.25) is 0 Å². The molecule has 1 unspecified atom stereocenters. The summed E-state index contributed by atoms with van der Waals surface area (Å²) in [6.45, 7) is 1.03. The Morgan fingerprint density at radius 1 is 1.12 bits per heavy atom. The van der Waals surface area contributed by atoms with Crippen molar-refractivity contribution in [3.8, 4) is 0 Å². The van der Waals surface area contributed by atoms with Crippen LogP contribution >= 0.6 is 0 Å². The third-order valence-corrected chi connectivity index (χ3v) is 5.80. The van der Waals surface area contributed by atoms with Gasteiger partial charge in [0.05, 0.1) is 9.52 Å². The number of ether oxygens (including phenoxy) is 1. The van der Waals surface area contributed by atoms with Crippen LogP contribution in [0.2, 0.25) is 6.04 Å². The van der Waals surface area contributed by atoms with E-state index < -0.39 is 0 Å². The SMILES string of the molecule is c1ccc(CCCC[SiH2]C2CCCCO2)cc1. The summed E-state index contributed by atoms with van der Waals surface area (Å²) in [5, 5.41) is 0. The van der Waals surface area contributed by atoms with E-state index in [4.69, 9.17) is 4.74 Å². The van der Waals surface area contributed by atoms with Crippen molar-refractivity contribution < 1.29 is 4.74 Å². The van der Waals surface area contributed by atoms with Gasteiger partial charge in [-0.25, -0.2) is 0 Å². The average Bonchev–Trinajstić information content (AvgIpc) is 2.41. The summed E-state index contributed by atoms with van der Waals surface area (Å²) in [5.74, 6) is 0. The molecule has 1 aliphatic heterocycles. The first-order valence-corrected chi connectivity index (χ1v) is 8.92. The first-order chi connectivity index (χ1) is 8.45. The molecular weight excluding hydrogens is 224 g/mol. The Hall–Kier alpha value is -0.603. The molecule has 0 spiro atoms. The van der Waals surface area contributed by atoms with Crippen LogP contribution in [0.5, 0.6) is 0 Å². The molecular formula is C15H24OSi. The summed E-state index contributed by atoms with van der Waals surface area (Å²) in [6, 6.07) is 12.3. The molecule has 0 radical (unpaired) electrons. The zero-order chi connectivity index (χ0) is 11.8. The highest BCUT2D eigenvalue weighted by molar-refractivity contribution is 6.37. The summed E-state index contributed by atoms with van der Waals surface area (Å²) in [5.41, 5.74) is 2.20. The van der Waals surface area contributed by atoms with E-state index in [9.17, 15) is 0 Å². The van der Waals surface area contributed by atoms with Crippen LogP contribution in [-0.4, -0.2) is 21.9 Å². The van der Waals surface area contributed by atoms with Gasteiger partial charge >= 0.3 is 0 Å². The highest BCUT2D eigenvalue weighted by Gasteiger charge is 2.13. The quantitative estimate of drug-likeness (QED) is 0.555. The molecule has 1 aromatic carbocycles. The molecule has 1 fully saturated rings. The lowest BCUT2D eigenvalue weighted by Crippen LogP contribution is -2.25. The Morgan fingerprint density at radius 3 is 2.76 bits per heavy atom. The predicted octanol–water partition coefficient (Wildman–Crippen LogP) is 3.12. The number of unbranched alkanes of at least 4 members (excludes halogenated alkanes) is 1. The Labute approximate surface area is 107 Å². The van der Waals surface area contributed by atoms with Crippen molar-refractivity contribution in [3.63, 3.8) is 0 Å². The van der Waals surface area contributed by atoms with Gasteiger partial charge in [-0.15, -0.1) is 0 Å². The third-order valence-electron chi connectivity index (χ3n) is 3.61. The van der Waals surface area contributed by atoms with Gasteiger partial charge in [0.25, 0.3) is 0 Å². The maximum atomic E-state index is 5.80. The molecule has 1 aliphatic rings. The van der Waals surface area contributed by atoms with Gasteiger partial charge < -0.3 is 4.74 Å². The number of benzene rings is 1. The van der Waals surface area contributed by atoms with Gasteiger partial charge in [0.15, 0.2) is 0 Å². The number of rotatable bonds is 6. The van der Waals surface area contributed by atoms with Crippen LogP contribution in [0.15, 0.2) is 30.3 Å². The monoisotopic (exact) mass is 248 g/mol. The van der Waals surface area contributed by atoms with Crippen molar-refractivity contribution in [2.45, 2.75) is 50.3 Å². The van der Waals surface area contributed by atoms with Crippen LogP contribution in [0.3, 0.4) is 0 Å². The topological polar surface area (TPSA) is 9.23 Å². The minimum atomic E-state index is 0.0432. The van der Waals surface area contributed by atoms with E-state index in [1.807, 2.05) is 0 Å². The summed E-state index contributed by atoms with van der Waals surface area (Å²) >= 11 is 0. The van der Waals surface area contributed by atoms with E-state index in [-0.39, 0.29) is 9.52 Å². The fourth-order valence-corrected chi connectivity index (χ4v) is 4.57. The maximum absolute atomic E-state index is 5.80. The van der Waals surface area contributed by atoms with Crippen molar-refractivity contribution >= 4 is 9.52 Å². The second kappa shape index (κ2) is 7.67. The lowest BCUT2D eigenvalue weighted by molar-refractivity contribution is 0.0649. The highest BCUT2D eigenvalue weighted by atomic mass is 28.2. The highest BCUT2D eigenvalue weighted by Crippen LogP contribution is 2.14.